The van der Waals surface area contributed by atoms with Gasteiger partial charge >= 0.3 is 6.09 Å². The van der Waals surface area contributed by atoms with Crippen LogP contribution in [0.4, 0.5) is 4.79 Å². The molecule has 0 bridgehead atoms. The second-order valence-electron chi connectivity index (χ2n) is 15.1. The maximum Gasteiger partial charge on any atom is 0.408 e. The van der Waals surface area contributed by atoms with Crippen molar-refractivity contribution in [1.29, 1.82) is 0 Å². The molecule has 2 saturated heterocycles. The molecule has 1 aliphatic carbocycles. The van der Waals surface area contributed by atoms with Gasteiger partial charge in [-0.1, -0.05) is 52.3 Å². The molecule has 1 aromatic heterocycles. The van der Waals surface area contributed by atoms with Crippen molar-refractivity contribution < 1.29 is 38.3 Å². The summed E-state index contributed by atoms with van der Waals surface area (Å²) >= 11 is 0. The van der Waals surface area contributed by atoms with Gasteiger partial charge in [-0.05, 0) is 60.1 Å². The zero-order chi connectivity index (χ0) is 37.0. The van der Waals surface area contributed by atoms with Gasteiger partial charge < -0.3 is 30.3 Å². The number of Topliss-reactive ketones (excluding diaryl/α,β-unsaturated/α-hetero) is 1. The van der Waals surface area contributed by atoms with Crippen molar-refractivity contribution in [2.75, 3.05) is 19.8 Å². The summed E-state index contributed by atoms with van der Waals surface area (Å²) in [7, 11) is 0. The standard InChI is InChI=1S/C38H48N6O8/c1-5-7-28(31(45)34(47)40-26-10-11-26)41-33(46)30-20-38(19-29(43-52-38)25-9-6-8-24(18-25)23-12-15-39-16-13-23)22-44(30)35(48)32(37(2,3)4)42-36(49)51-27-14-17-50-21-27/h6,8-9,12-13,15-16,18-19,26-28,30,32,43H,5,7,10-11,14,17,20-22H2,1-4H3,(H,40,47)(H,41,46)(H,42,49)/t27-,28-,30-,32+,38+/m0/s1. The van der Waals surface area contributed by atoms with E-state index in [1.807, 2.05) is 70.2 Å². The maximum atomic E-state index is 14.6. The molecule has 2 aromatic rings. The van der Waals surface area contributed by atoms with Crippen molar-refractivity contribution in [2.45, 2.75) is 102 Å². The molecule has 1 spiro atoms. The van der Waals surface area contributed by atoms with Crippen LogP contribution in [0.3, 0.4) is 0 Å². The predicted octanol–water partition coefficient (Wildman–Crippen LogP) is 3.03. The molecule has 14 nitrogen and oxygen atoms in total. The molecule has 4 amide bonds. The van der Waals surface area contributed by atoms with E-state index < -0.39 is 64.8 Å². The molecule has 3 fully saturated rings. The summed E-state index contributed by atoms with van der Waals surface area (Å²) in [6.45, 7) is 8.02. The molecule has 52 heavy (non-hydrogen) atoms. The van der Waals surface area contributed by atoms with Crippen LogP contribution in [0.1, 0.15) is 71.8 Å². The van der Waals surface area contributed by atoms with Crippen molar-refractivity contribution in [3.63, 3.8) is 0 Å². The van der Waals surface area contributed by atoms with Gasteiger partial charge in [-0.15, -0.1) is 0 Å². The molecule has 4 heterocycles. The molecular weight excluding hydrogens is 668 g/mol. The SMILES string of the molecule is CCC[C@H](NC(=O)[C@@H]1C[C@]2(C=C(c3cccc(-c4ccncc4)c3)NO2)CN1C(=O)[C@@H](NC(=O)O[C@H]1CCOC1)C(C)(C)C)C(=O)C(=O)NC1CC1. The number of amides is 4. The highest BCUT2D eigenvalue weighted by atomic mass is 16.7. The van der Waals surface area contributed by atoms with Crippen molar-refractivity contribution in [3.05, 3.63) is 60.4 Å². The first-order chi connectivity index (χ1) is 24.9. The van der Waals surface area contributed by atoms with Gasteiger partial charge in [-0.3, -0.25) is 34.5 Å². The molecule has 0 unspecified atom stereocenters. The Labute approximate surface area is 303 Å². The quantitative estimate of drug-likeness (QED) is 0.239. The van der Waals surface area contributed by atoms with E-state index in [2.05, 4.69) is 26.4 Å². The lowest BCUT2D eigenvalue weighted by Crippen LogP contribution is -2.59. The number of hydroxylamine groups is 1. The van der Waals surface area contributed by atoms with Gasteiger partial charge in [0.25, 0.3) is 5.91 Å². The number of benzene rings is 1. The number of rotatable bonds is 12. The van der Waals surface area contributed by atoms with Crippen LogP contribution in [0.2, 0.25) is 0 Å². The lowest BCUT2D eigenvalue weighted by atomic mass is 9.85. The number of ketones is 1. The number of hydrogen-bond donors (Lipinski definition) is 4. The number of nitrogens with zero attached hydrogens (tertiary/aromatic N) is 2. The average Bonchev–Trinajstić information content (AvgIpc) is 3.46. The van der Waals surface area contributed by atoms with Crippen LogP contribution in [0.15, 0.2) is 54.9 Å². The first kappa shape index (κ1) is 37.0. The maximum absolute atomic E-state index is 14.6. The van der Waals surface area contributed by atoms with E-state index in [-0.39, 0.29) is 32.0 Å². The highest BCUT2D eigenvalue weighted by Crippen LogP contribution is 2.39. The smallest absolute Gasteiger partial charge is 0.408 e. The summed E-state index contributed by atoms with van der Waals surface area (Å²) < 4.78 is 10.9. The fourth-order valence-electron chi connectivity index (χ4n) is 6.77. The van der Waals surface area contributed by atoms with Gasteiger partial charge in [-0.2, -0.15) is 0 Å². The number of ether oxygens (including phenoxy) is 2. The summed E-state index contributed by atoms with van der Waals surface area (Å²) in [5, 5.41) is 8.25. The van der Waals surface area contributed by atoms with Gasteiger partial charge in [0.15, 0.2) is 0 Å². The minimum atomic E-state index is -1.13. The monoisotopic (exact) mass is 716 g/mol. The number of alkyl carbamates (subject to hydrolysis) is 1. The van der Waals surface area contributed by atoms with Crippen LogP contribution >= 0.6 is 0 Å². The zero-order valence-corrected chi connectivity index (χ0v) is 30.1. The average molecular weight is 717 g/mol. The van der Waals surface area contributed by atoms with Crippen LogP contribution in [0.5, 0.6) is 0 Å². The Morgan fingerprint density at radius 3 is 2.46 bits per heavy atom. The predicted molar refractivity (Wildman–Crippen MR) is 190 cm³/mol. The summed E-state index contributed by atoms with van der Waals surface area (Å²) in [4.78, 5) is 79.5. The fraction of sp³-hybridized carbons (Fsp3) is 0.526. The normalized spacial score (nSPS) is 23.7. The van der Waals surface area contributed by atoms with Crippen LogP contribution in [0.25, 0.3) is 16.8 Å². The molecule has 0 radical (unpaired) electrons. The van der Waals surface area contributed by atoms with Crippen molar-refractivity contribution in [3.8, 4) is 11.1 Å². The Balaban J connectivity index is 1.28. The van der Waals surface area contributed by atoms with E-state index in [1.165, 1.54) is 4.90 Å². The van der Waals surface area contributed by atoms with E-state index in [4.69, 9.17) is 14.3 Å². The highest BCUT2D eigenvalue weighted by molar-refractivity contribution is 6.38. The topological polar surface area (TPSA) is 177 Å². The first-order valence-corrected chi connectivity index (χ1v) is 18.0. The van der Waals surface area contributed by atoms with E-state index in [0.29, 0.717) is 25.1 Å². The molecule has 14 heteroatoms. The minimum absolute atomic E-state index is 0.0228. The molecule has 6 rings (SSSR count). The Kier molecular flexibility index (Phi) is 11.0. The zero-order valence-electron chi connectivity index (χ0n) is 30.1. The lowest BCUT2D eigenvalue weighted by molar-refractivity contribution is -0.144. The van der Waals surface area contributed by atoms with E-state index in [0.717, 1.165) is 29.5 Å². The Morgan fingerprint density at radius 2 is 1.79 bits per heavy atom. The number of pyridine rings is 1. The summed E-state index contributed by atoms with van der Waals surface area (Å²) in [5.74, 6) is -2.57. The number of carbonyl (C=O) groups is 5. The molecule has 4 N–H and O–H groups in total. The van der Waals surface area contributed by atoms with Gasteiger partial charge in [0, 0.05) is 36.8 Å². The largest absolute Gasteiger partial charge is 0.444 e. The third kappa shape index (κ3) is 8.61. The van der Waals surface area contributed by atoms with Crippen molar-refractivity contribution in [2.24, 2.45) is 5.41 Å². The van der Waals surface area contributed by atoms with Gasteiger partial charge in [0.2, 0.25) is 17.6 Å². The molecule has 278 valence electrons. The van der Waals surface area contributed by atoms with Crippen LogP contribution < -0.4 is 21.4 Å². The number of hydrogen-bond acceptors (Lipinski definition) is 10. The Morgan fingerprint density at radius 1 is 1.04 bits per heavy atom. The minimum Gasteiger partial charge on any atom is -0.444 e. The third-order valence-corrected chi connectivity index (χ3v) is 9.78. The molecular formula is C38H48N6O8. The van der Waals surface area contributed by atoms with Gasteiger partial charge in [0.1, 0.15) is 23.8 Å². The number of nitrogens with one attached hydrogen (secondary N) is 4. The van der Waals surface area contributed by atoms with Gasteiger partial charge in [-0.25, -0.2) is 4.79 Å². The molecule has 1 aromatic carbocycles. The highest BCUT2D eigenvalue weighted by Gasteiger charge is 2.54. The molecule has 5 atom stereocenters. The lowest BCUT2D eigenvalue weighted by Gasteiger charge is -2.35. The van der Waals surface area contributed by atoms with E-state index in [1.54, 1.807) is 12.4 Å². The fourth-order valence-corrected chi connectivity index (χ4v) is 6.77. The van der Waals surface area contributed by atoms with Crippen LogP contribution in [-0.4, -0.2) is 95.1 Å². The molecule has 3 aliphatic heterocycles. The second-order valence-corrected chi connectivity index (χ2v) is 15.1. The van der Waals surface area contributed by atoms with Gasteiger partial charge in [0.05, 0.1) is 31.5 Å². The van der Waals surface area contributed by atoms with Crippen LogP contribution in [-0.2, 0) is 33.5 Å². The van der Waals surface area contributed by atoms with E-state index >= 15 is 0 Å². The Bertz CT molecular complexity index is 1700. The summed E-state index contributed by atoms with van der Waals surface area (Å²) in [6, 6.07) is 8.41. The molecule has 4 aliphatic rings. The third-order valence-electron chi connectivity index (χ3n) is 9.78. The van der Waals surface area contributed by atoms with Crippen molar-refractivity contribution >= 4 is 35.3 Å². The van der Waals surface area contributed by atoms with Crippen LogP contribution in [0, 0.1) is 5.41 Å². The summed E-state index contributed by atoms with van der Waals surface area (Å²) in [6.07, 6.45) is 7.15. The van der Waals surface area contributed by atoms with E-state index in [9.17, 15) is 24.0 Å². The first-order valence-electron chi connectivity index (χ1n) is 18.0. The van der Waals surface area contributed by atoms with Crippen molar-refractivity contribution in [1.82, 2.24) is 31.3 Å². The number of aromatic nitrogens is 1. The number of likely N-dealkylation sites (tertiary alicyclic amines) is 1. The number of carbonyl (C=O) groups excluding carboxylic acids is 5. The second kappa shape index (κ2) is 15.4. The molecule has 1 saturated carbocycles. The summed E-state index contributed by atoms with van der Waals surface area (Å²) in [5.41, 5.74) is 4.56. The Hall–Kier alpha value is -4.82.